The number of thiocarbonyl (C=S) groups is 1. The Kier molecular flexibility index (Phi) is 5.75. The molecule has 132 valence electrons. The summed E-state index contributed by atoms with van der Waals surface area (Å²) >= 11 is 9.74. The Morgan fingerprint density at radius 1 is 1.19 bits per heavy atom. The van der Waals surface area contributed by atoms with E-state index in [-0.39, 0.29) is 10.2 Å². The van der Waals surface area contributed by atoms with E-state index in [4.69, 9.17) is 17.0 Å². The van der Waals surface area contributed by atoms with Crippen molar-refractivity contribution in [1.82, 2.24) is 10.4 Å². The largest absolute Gasteiger partial charge is 0.497 e. The summed E-state index contributed by atoms with van der Waals surface area (Å²) in [6, 6.07) is 14.1. The lowest BCUT2D eigenvalue weighted by molar-refractivity contribution is -0.123. The van der Waals surface area contributed by atoms with E-state index in [9.17, 15) is 9.59 Å². The van der Waals surface area contributed by atoms with Crippen molar-refractivity contribution in [2.45, 2.75) is 0 Å². The number of rotatable bonds is 4. The highest BCUT2D eigenvalue weighted by Crippen LogP contribution is 2.31. The fourth-order valence-corrected chi connectivity index (χ4v) is 3.63. The van der Waals surface area contributed by atoms with Crippen LogP contribution in [-0.2, 0) is 4.79 Å². The average Bonchev–Trinajstić information content (AvgIpc) is 2.91. The van der Waals surface area contributed by atoms with Crippen LogP contribution in [0.1, 0.15) is 15.9 Å². The molecule has 0 bridgehead atoms. The van der Waals surface area contributed by atoms with Gasteiger partial charge in [0.15, 0.2) is 4.32 Å². The third kappa shape index (κ3) is 4.14. The number of hydrogen-bond acceptors (Lipinski definition) is 5. The highest BCUT2D eigenvalue weighted by atomic mass is 79.9. The van der Waals surface area contributed by atoms with Crippen molar-refractivity contribution in [2.24, 2.45) is 0 Å². The van der Waals surface area contributed by atoms with E-state index in [1.165, 1.54) is 0 Å². The van der Waals surface area contributed by atoms with Gasteiger partial charge in [0, 0.05) is 10.0 Å². The number of nitrogens with one attached hydrogen (secondary N) is 1. The smallest absolute Gasteiger partial charge is 0.285 e. The number of carbonyl (C=O) groups is 2. The van der Waals surface area contributed by atoms with Crippen LogP contribution in [0.3, 0.4) is 0 Å². The van der Waals surface area contributed by atoms with Crippen molar-refractivity contribution >= 4 is 62.1 Å². The molecule has 8 heteroatoms. The Morgan fingerprint density at radius 2 is 1.85 bits per heavy atom. The maximum atomic E-state index is 12.6. The number of hydrazine groups is 1. The van der Waals surface area contributed by atoms with Gasteiger partial charge in [-0.3, -0.25) is 15.0 Å². The van der Waals surface area contributed by atoms with Gasteiger partial charge in [-0.1, -0.05) is 39.8 Å². The first-order valence-electron chi connectivity index (χ1n) is 7.46. The topological polar surface area (TPSA) is 58.6 Å². The van der Waals surface area contributed by atoms with Crippen molar-refractivity contribution in [2.75, 3.05) is 7.11 Å². The SMILES string of the molecule is COc1ccc(C(=O)NN2C(=O)/C(=C\c3ccc(Br)cc3)SC2=S)cc1. The number of halogens is 1. The molecular formula is C18H13BrN2O3S2. The lowest BCUT2D eigenvalue weighted by Crippen LogP contribution is -2.44. The van der Waals surface area contributed by atoms with Gasteiger partial charge < -0.3 is 4.74 Å². The molecule has 0 aliphatic carbocycles. The Bertz CT molecular complexity index is 896. The number of ether oxygens (including phenoxy) is 1. The minimum Gasteiger partial charge on any atom is -0.497 e. The quantitative estimate of drug-likeness (QED) is 0.565. The molecule has 1 heterocycles. The molecule has 0 aromatic heterocycles. The molecule has 2 aromatic carbocycles. The van der Waals surface area contributed by atoms with Gasteiger partial charge in [0.1, 0.15) is 5.75 Å². The number of hydrogen-bond donors (Lipinski definition) is 1. The molecule has 1 aliphatic rings. The summed E-state index contributed by atoms with van der Waals surface area (Å²) in [6.45, 7) is 0. The summed E-state index contributed by atoms with van der Waals surface area (Å²) in [5.74, 6) is -0.136. The fourth-order valence-electron chi connectivity index (χ4n) is 2.18. The Balaban J connectivity index is 1.74. The summed E-state index contributed by atoms with van der Waals surface area (Å²) in [4.78, 5) is 25.4. The number of carbonyl (C=O) groups excluding carboxylic acids is 2. The van der Waals surface area contributed by atoms with Gasteiger partial charge in [-0.15, -0.1) is 0 Å². The van der Waals surface area contributed by atoms with Crippen LogP contribution in [0.2, 0.25) is 0 Å². The second-order valence-electron chi connectivity index (χ2n) is 5.24. The van der Waals surface area contributed by atoms with E-state index in [1.54, 1.807) is 37.5 Å². The van der Waals surface area contributed by atoms with Crippen LogP contribution in [0.4, 0.5) is 0 Å². The molecule has 2 amide bonds. The average molecular weight is 449 g/mol. The predicted octanol–water partition coefficient (Wildman–Crippen LogP) is 4.00. The molecule has 0 atom stereocenters. The predicted molar refractivity (Wildman–Crippen MR) is 110 cm³/mol. The molecule has 1 N–H and O–H groups in total. The number of benzene rings is 2. The van der Waals surface area contributed by atoms with Gasteiger partial charge in [-0.05, 0) is 60.3 Å². The molecule has 3 rings (SSSR count). The Labute approximate surface area is 168 Å². The van der Waals surface area contributed by atoms with Crippen LogP contribution in [-0.4, -0.2) is 28.3 Å². The van der Waals surface area contributed by atoms with Crippen LogP contribution >= 0.6 is 39.9 Å². The normalized spacial score (nSPS) is 15.5. The third-order valence-electron chi connectivity index (χ3n) is 3.53. The van der Waals surface area contributed by atoms with Crippen LogP contribution in [0.15, 0.2) is 57.9 Å². The van der Waals surface area contributed by atoms with Crippen molar-refractivity contribution < 1.29 is 14.3 Å². The van der Waals surface area contributed by atoms with E-state index in [0.29, 0.717) is 16.2 Å². The molecule has 0 saturated carbocycles. The lowest BCUT2D eigenvalue weighted by Gasteiger charge is -2.15. The molecular weight excluding hydrogens is 436 g/mol. The summed E-state index contributed by atoms with van der Waals surface area (Å²) in [6.07, 6.45) is 1.74. The van der Waals surface area contributed by atoms with E-state index in [2.05, 4.69) is 21.4 Å². The van der Waals surface area contributed by atoms with Crippen molar-refractivity contribution in [3.05, 3.63) is 69.0 Å². The van der Waals surface area contributed by atoms with E-state index in [0.717, 1.165) is 26.8 Å². The third-order valence-corrected chi connectivity index (χ3v) is 5.36. The zero-order valence-electron chi connectivity index (χ0n) is 13.6. The Hall–Kier alpha value is -2.16. The first-order chi connectivity index (χ1) is 12.5. The van der Waals surface area contributed by atoms with Crippen LogP contribution in [0, 0.1) is 0 Å². The molecule has 26 heavy (non-hydrogen) atoms. The summed E-state index contributed by atoms with van der Waals surface area (Å²) in [5, 5.41) is 1.09. The molecule has 0 radical (unpaired) electrons. The van der Waals surface area contributed by atoms with E-state index >= 15 is 0 Å². The highest BCUT2D eigenvalue weighted by Gasteiger charge is 2.33. The van der Waals surface area contributed by atoms with Crippen LogP contribution in [0.25, 0.3) is 6.08 Å². The molecule has 0 unspecified atom stereocenters. The van der Waals surface area contributed by atoms with Gasteiger partial charge >= 0.3 is 0 Å². The van der Waals surface area contributed by atoms with Gasteiger partial charge in [0.25, 0.3) is 11.8 Å². The molecule has 1 fully saturated rings. The lowest BCUT2D eigenvalue weighted by atomic mass is 10.2. The minimum atomic E-state index is -0.422. The maximum absolute atomic E-state index is 12.6. The van der Waals surface area contributed by atoms with Gasteiger partial charge in [0.2, 0.25) is 0 Å². The van der Waals surface area contributed by atoms with Crippen molar-refractivity contribution in [3.63, 3.8) is 0 Å². The summed E-state index contributed by atoms with van der Waals surface area (Å²) in [5.41, 5.74) is 3.82. The van der Waals surface area contributed by atoms with Gasteiger partial charge in [-0.25, -0.2) is 0 Å². The zero-order valence-corrected chi connectivity index (χ0v) is 16.8. The molecule has 2 aromatic rings. The molecule has 0 spiro atoms. The zero-order chi connectivity index (χ0) is 18.7. The second kappa shape index (κ2) is 8.03. The van der Waals surface area contributed by atoms with E-state index < -0.39 is 5.91 Å². The molecule has 1 saturated heterocycles. The van der Waals surface area contributed by atoms with E-state index in [1.807, 2.05) is 24.3 Å². The van der Waals surface area contributed by atoms with Crippen molar-refractivity contribution in [3.8, 4) is 5.75 Å². The number of methoxy groups -OCH3 is 1. The number of amides is 2. The van der Waals surface area contributed by atoms with Gasteiger partial charge in [0.05, 0.1) is 12.0 Å². The monoisotopic (exact) mass is 448 g/mol. The van der Waals surface area contributed by atoms with Gasteiger partial charge in [-0.2, -0.15) is 5.01 Å². The molecule has 5 nitrogen and oxygen atoms in total. The van der Waals surface area contributed by atoms with Crippen LogP contribution in [0.5, 0.6) is 5.75 Å². The molecule has 1 aliphatic heterocycles. The first kappa shape index (κ1) is 18.6. The summed E-state index contributed by atoms with van der Waals surface area (Å²) in [7, 11) is 1.55. The summed E-state index contributed by atoms with van der Waals surface area (Å²) < 4.78 is 6.29. The Morgan fingerprint density at radius 3 is 2.46 bits per heavy atom. The van der Waals surface area contributed by atoms with Crippen LogP contribution < -0.4 is 10.2 Å². The van der Waals surface area contributed by atoms with Crippen molar-refractivity contribution in [1.29, 1.82) is 0 Å². The second-order valence-corrected chi connectivity index (χ2v) is 7.83. The highest BCUT2D eigenvalue weighted by molar-refractivity contribution is 9.10. The fraction of sp³-hybridized carbons (Fsp3) is 0.0556. The standard InChI is InChI=1S/C18H13BrN2O3S2/c1-24-14-8-4-12(5-9-14)16(22)20-21-17(23)15(26-18(21)25)10-11-2-6-13(19)7-3-11/h2-10H,1H3,(H,20,22)/b15-10+. The number of thioether (sulfide) groups is 1. The number of nitrogens with zero attached hydrogens (tertiary/aromatic N) is 1. The first-order valence-corrected chi connectivity index (χ1v) is 9.48. The minimum absolute atomic E-state index is 0.278. The maximum Gasteiger partial charge on any atom is 0.285 e.